The maximum atomic E-state index is 12.1. The van der Waals surface area contributed by atoms with Gasteiger partial charge >= 0.3 is 0 Å². The van der Waals surface area contributed by atoms with Crippen molar-refractivity contribution in [2.75, 3.05) is 29.7 Å². The van der Waals surface area contributed by atoms with Crippen molar-refractivity contribution < 1.29 is 8.42 Å². The highest BCUT2D eigenvalue weighted by atomic mass is 32.2. The van der Waals surface area contributed by atoms with E-state index in [1.54, 1.807) is 0 Å². The summed E-state index contributed by atoms with van der Waals surface area (Å²) in [7, 11) is -3.14. The second-order valence-electron chi connectivity index (χ2n) is 3.83. The third-order valence-electron chi connectivity index (χ3n) is 2.63. The molecule has 1 aromatic carbocycles. The molecule has 0 atom stereocenters. The molecule has 2 rings (SSSR count). The van der Waals surface area contributed by atoms with Crippen LogP contribution in [0.2, 0.25) is 0 Å². The predicted octanol–water partition coefficient (Wildman–Crippen LogP) is 0.816. The zero-order chi connectivity index (χ0) is 11.4. The van der Waals surface area contributed by atoms with Crippen molar-refractivity contribution >= 4 is 15.7 Å². The Labute approximate surface area is 96.3 Å². The van der Waals surface area contributed by atoms with Crippen LogP contribution in [0, 0.1) is 0 Å². The molecule has 0 aliphatic carbocycles. The van der Waals surface area contributed by atoms with Gasteiger partial charge in [-0.3, -0.25) is 4.31 Å². The minimum absolute atomic E-state index is 0.217. The van der Waals surface area contributed by atoms with Crippen molar-refractivity contribution in [1.29, 1.82) is 0 Å². The number of nitrogens with one attached hydrogen (secondary N) is 1. The van der Waals surface area contributed by atoms with Gasteiger partial charge in [0.1, 0.15) is 0 Å². The van der Waals surface area contributed by atoms with E-state index in [1.807, 2.05) is 30.3 Å². The second-order valence-corrected chi connectivity index (χ2v) is 5.84. The molecular weight excluding hydrogens is 224 g/mol. The molecule has 0 aromatic heterocycles. The van der Waals surface area contributed by atoms with E-state index in [0.29, 0.717) is 19.5 Å². The first kappa shape index (κ1) is 11.4. The molecule has 1 saturated heterocycles. The van der Waals surface area contributed by atoms with Crippen molar-refractivity contribution in [3.8, 4) is 0 Å². The molecule has 0 bridgehead atoms. The molecule has 5 heteroatoms. The maximum Gasteiger partial charge on any atom is 0.235 e. The van der Waals surface area contributed by atoms with Gasteiger partial charge in [0.25, 0.3) is 0 Å². The number of hydrogen-bond donors (Lipinski definition) is 1. The summed E-state index contributed by atoms with van der Waals surface area (Å²) in [6.07, 6.45) is 0.672. The average molecular weight is 240 g/mol. The lowest BCUT2D eigenvalue weighted by atomic mass is 10.3. The van der Waals surface area contributed by atoms with Gasteiger partial charge < -0.3 is 5.32 Å². The Balaban J connectivity index is 2.29. The third-order valence-corrected chi connectivity index (χ3v) is 4.50. The Morgan fingerprint density at radius 2 is 1.88 bits per heavy atom. The summed E-state index contributed by atoms with van der Waals surface area (Å²) in [5.74, 6) is 0.217. The van der Waals surface area contributed by atoms with E-state index in [2.05, 4.69) is 5.32 Å². The Morgan fingerprint density at radius 1 is 1.12 bits per heavy atom. The molecule has 16 heavy (non-hydrogen) atoms. The van der Waals surface area contributed by atoms with Crippen LogP contribution in [0.1, 0.15) is 6.42 Å². The van der Waals surface area contributed by atoms with Gasteiger partial charge in [0, 0.05) is 13.1 Å². The summed E-state index contributed by atoms with van der Waals surface area (Å²) in [5.41, 5.74) is 0.756. The van der Waals surface area contributed by atoms with Gasteiger partial charge in [-0.05, 0) is 25.1 Å². The molecule has 1 aromatic rings. The Kier molecular flexibility index (Phi) is 3.46. The minimum atomic E-state index is -3.14. The second kappa shape index (κ2) is 4.84. The van der Waals surface area contributed by atoms with Gasteiger partial charge in [0.05, 0.1) is 11.4 Å². The molecule has 0 radical (unpaired) electrons. The van der Waals surface area contributed by atoms with Crippen molar-refractivity contribution in [3.05, 3.63) is 30.3 Å². The SMILES string of the molecule is O=S1(=O)CCCNCCN1c1ccccc1. The molecule has 0 amide bonds. The molecule has 0 unspecified atom stereocenters. The maximum absolute atomic E-state index is 12.1. The molecule has 0 saturated carbocycles. The number of nitrogens with zero attached hydrogens (tertiary/aromatic N) is 1. The van der Waals surface area contributed by atoms with E-state index in [1.165, 1.54) is 4.31 Å². The summed E-state index contributed by atoms with van der Waals surface area (Å²) in [5, 5.41) is 3.22. The fourth-order valence-corrected chi connectivity index (χ4v) is 3.36. The van der Waals surface area contributed by atoms with E-state index in [9.17, 15) is 8.42 Å². The monoisotopic (exact) mass is 240 g/mol. The van der Waals surface area contributed by atoms with Crippen LogP contribution in [0.15, 0.2) is 30.3 Å². The van der Waals surface area contributed by atoms with Crippen molar-refractivity contribution in [2.45, 2.75) is 6.42 Å². The summed E-state index contributed by atoms with van der Waals surface area (Å²) < 4.78 is 25.6. The van der Waals surface area contributed by atoms with Crippen LogP contribution in [-0.4, -0.2) is 33.8 Å². The van der Waals surface area contributed by atoms with E-state index < -0.39 is 10.0 Å². The molecule has 1 aliphatic heterocycles. The molecule has 1 N–H and O–H groups in total. The third kappa shape index (κ3) is 2.54. The van der Waals surface area contributed by atoms with Crippen LogP contribution < -0.4 is 9.62 Å². The number of para-hydroxylation sites is 1. The normalized spacial score (nSPS) is 21.1. The summed E-state index contributed by atoms with van der Waals surface area (Å²) >= 11 is 0. The molecule has 1 aliphatic rings. The molecule has 88 valence electrons. The molecular formula is C11H16N2O2S. The van der Waals surface area contributed by atoms with Crippen molar-refractivity contribution in [2.24, 2.45) is 0 Å². The molecule has 4 nitrogen and oxygen atoms in total. The number of anilines is 1. The van der Waals surface area contributed by atoms with Crippen LogP contribution in [0.4, 0.5) is 5.69 Å². The quantitative estimate of drug-likeness (QED) is 0.790. The van der Waals surface area contributed by atoms with Crippen LogP contribution >= 0.6 is 0 Å². The van der Waals surface area contributed by atoms with Gasteiger partial charge in [-0.2, -0.15) is 0 Å². The van der Waals surface area contributed by atoms with Gasteiger partial charge in [-0.25, -0.2) is 8.42 Å². The molecule has 1 fully saturated rings. The Bertz CT molecular complexity index is 431. The zero-order valence-corrected chi connectivity index (χ0v) is 9.91. The zero-order valence-electron chi connectivity index (χ0n) is 9.09. The first-order chi connectivity index (χ1) is 7.70. The van der Waals surface area contributed by atoms with Crippen LogP contribution in [-0.2, 0) is 10.0 Å². The molecule has 0 spiro atoms. The van der Waals surface area contributed by atoms with E-state index >= 15 is 0 Å². The Morgan fingerprint density at radius 3 is 2.62 bits per heavy atom. The summed E-state index contributed by atoms with van der Waals surface area (Å²) in [6, 6.07) is 9.27. The minimum Gasteiger partial charge on any atom is -0.315 e. The fraction of sp³-hybridized carbons (Fsp3) is 0.455. The lowest BCUT2D eigenvalue weighted by molar-refractivity contribution is 0.572. The van der Waals surface area contributed by atoms with Gasteiger partial charge in [-0.1, -0.05) is 18.2 Å². The van der Waals surface area contributed by atoms with E-state index in [4.69, 9.17) is 0 Å². The highest BCUT2D eigenvalue weighted by Crippen LogP contribution is 2.18. The highest BCUT2D eigenvalue weighted by Gasteiger charge is 2.22. The lowest BCUT2D eigenvalue weighted by Crippen LogP contribution is -2.41. The van der Waals surface area contributed by atoms with Crippen molar-refractivity contribution in [3.63, 3.8) is 0 Å². The fourth-order valence-electron chi connectivity index (χ4n) is 1.82. The number of sulfonamides is 1. The van der Waals surface area contributed by atoms with Gasteiger partial charge in [0.2, 0.25) is 10.0 Å². The van der Waals surface area contributed by atoms with Crippen molar-refractivity contribution in [1.82, 2.24) is 5.32 Å². The Hall–Kier alpha value is -1.07. The predicted molar refractivity (Wildman–Crippen MR) is 65.1 cm³/mol. The standard InChI is InChI=1S/C11H16N2O2S/c14-16(15)10-4-7-12-8-9-13(16)11-5-2-1-3-6-11/h1-3,5-6,12H,4,7-10H2. The molecule has 1 heterocycles. The van der Waals surface area contributed by atoms with Crippen LogP contribution in [0.5, 0.6) is 0 Å². The number of hydrogen-bond acceptors (Lipinski definition) is 3. The average Bonchev–Trinajstić information content (AvgIpc) is 2.26. The first-order valence-electron chi connectivity index (χ1n) is 5.46. The summed E-state index contributed by atoms with van der Waals surface area (Å²) in [6.45, 7) is 1.99. The largest absolute Gasteiger partial charge is 0.315 e. The topological polar surface area (TPSA) is 49.4 Å². The summed E-state index contributed by atoms with van der Waals surface area (Å²) in [4.78, 5) is 0. The van der Waals surface area contributed by atoms with Crippen LogP contribution in [0.3, 0.4) is 0 Å². The van der Waals surface area contributed by atoms with Gasteiger partial charge in [0.15, 0.2) is 0 Å². The lowest BCUT2D eigenvalue weighted by Gasteiger charge is -2.26. The first-order valence-corrected chi connectivity index (χ1v) is 7.07. The number of benzene rings is 1. The van der Waals surface area contributed by atoms with Gasteiger partial charge in [-0.15, -0.1) is 0 Å². The van der Waals surface area contributed by atoms with E-state index in [0.717, 1.165) is 12.2 Å². The van der Waals surface area contributed by atoms with E-state index in [-0.39, 0.29) is 5.75 Å². The van der Waals surface area contributed by atoms with Crippen LogP contribution in [0.25, 0.3) is 0 Å². The smallest absolute Gasteiger partial charge is 0.235 e. The number of rotatable bonds is 1. The highest BCUT2D eigenvalue weighted by molar-refractivity contribution is 7.92.